The van der Waals surface area contributed by atoms with E-state index in [9.17, 15) is 0 Å². The molecule has 1 N–H and O–H groups in total. The Morgan fingerprint density at radius 2 is 1.86 bits per heavy atom. The second-order valence-corrected chi connectivity index (χ2v) is 7.48. The standard InChI is InChI=1S/C15H14Cl2N4S/c1-15(6-10-2-4-12(16)19-7-10)21(14(18)9-22-15)11-3-5-13(17)20-8-11/h2-5,7-8,18H,6,9H2,1H3. The average Bonchev–Trinajstić information content (AvgIpc) is 2.78. The van der Waals surface area contributed by atoms with Gasteiger partial charge in [-0.15, -0.1) is 11.8 Å². The minimum atomic E-state index is -0.262. The van der Waals surface area contributed by atoms with E-state index in [1.807, 2.05) is 17.0 Å². The maximum Gasteiger partial charge on any atom is 0.129 e. The third-order valence-corrected chi connectivity index (χ3v) is 5.37. The minimum Gasteiger partial charge on any atom is -0.313 e. The number of halogens is 2. The van der Waals surface area contributed by atoms with Crippen LogP contribution < -0.4 is 4.90 Å². The van der Waals surface area contributed by atoms with E-state index >= 15 is 0 Å². The van der Waals surface area contributed by atoms with Crippen molar-refractivity contribution in [3.63, 3.8) is 0 Å². The molecular weight excluding hydrogens is 339 g/mol. The zero-order valence-corrected chi connectivity index (χ0v) is 14.2. The Kier molecular flexibility index (Phi) is 4.30. The van der Waals surface area contributed by atoms with Crippen LogP contribution in [-0.4, -0.2) is 26.4 Å². The molecule has 3 heterocycles. The van der Waals surface area contributed by atoms with E-state index in [4.69, 9.17) is 28.6 Å². The Bertz CT molecular complexity index is 690. The highest BCUT2D eigenvalue weighted by Gasteiger charge is 2.41. The van der Waals surface area contributed by atoms with Crippen LogP contribution in [0.25, 0.3) is 0 Å². The average molecular weight is 353 g/mol. The molecule has 0 aliphatic carbocycles. The largest absolute Gasteiger partial charge is 0.313 e. The van der Waals surface area contributed by atoms with Crippen molar-refractivity contribution in [3.05, 3.63) is 52.5 Å². The van der Waals surface area contributed by atoms with Gasteiger partial charge in [-0.3, -0.25) is 5.41 Å². The van der Waals surface area contributed by atoms with Crippen LogP contribution in [0.3, 0.4) is 0 Å². The highest BCUT2D eigenvalue weighted by atomic mass is 35.5. The van der Waals surface area contributed by atoms with Crippen LogP contribution in [0.15, 0.2) is 36.7 Å². The molecule has 114 valence electrons. The van der Waals surface area contributed by atoms with E-state index < -0.39 is 0 Å². The van der Waals surface area contributed by atoms with E-state index in [0.717, 1.165) is 17.7 Å². The van der Waals surface area contributed by atoms with Gasteiger partial charge in [-0.05, 0) is 30.7 Å². The zero-order chi connectivity index (χ0) is 15.7. The smallest absolute Gasteiger partial charge is 0.129 e. The van der Waals surface area contributed by atoms with Gasteiger partial charge < -0.3 is 4.90 Å². The molecule has 2 aromatic heterocycles. The molecule has 4 nitrogen and oxygen atoms in total. The van der Waals surface area contributed by atoms with Crippen LogP contribution in [0.5, 0.6) is 0 Å². The third kappa shape index (κ3) is 3.07. The van der Waals surface area contributed by atoms with Gasteiger partial charge in [-0.2, -0.15) is 0 Å². The summed E-state index contributed by atoms with van der Waals surface area (Å²) >= 11 is 13.4. The number of rotatable bonds is 3. The van der Waals surface area contributed by atoms with Crippen molar-refractivity contribution in [1.29, 1.82) is 5.41 Å². The Labute approximate surface area is 143 Å². The monoisotopic (exact) mass is 352 g/mol. The van der Waals surface area contributed by atoms with E-state index in [1.54, 1.807) is 36.3 Å². The van der Waals surface area contributed by atoms with Crippen LogP contribution in [0.4, 0.5) is 5.69 Å². The van der Waals surface area contributed by atoms with E-state index in [-0.39, 0.29) is 4.87 Å². The molecule has 0 saturated carbocycles. The molecule has 0 radical (unpaired) electrons. The Morgan fingerprint density at radius 1 is 1.18 bits per heavy atom. The molecule has 1 fully saturated rings. The van der Waals surface area contributed by atoms with Gasteiger partial charge in [-0.25, -0.2) is 9.97 Å². The SMILES string of the molecule is CC1(Cc2ccc(Cl)nc2)SCC(=N)N1c1ccc(Cl)nc1. The summed E-state index contributed by atoms with van der Waals surface area (Å²) in [7, 11) is 0. The molecule has 7 heteroatoms. The van der Waals surface area contributed by atoms with Gasteiger partial charge in [0.25, 0.3) is 0 Å². The van der Waals surface area contributed by atoms with Gasteiger partial charge in [0.1, 0.15) is 16.1 Å². The lowest BCUT2D eigenvalue weighted by atomic mass is 10.1. The van der Waals surface area contributed by atoms with Gasteiger partial charge in [-0.1, -0.05) is 29.3 Å². The molecule has 0 bridgehead atoms. The Morgan fingerprint density at radius 3 is 2.45 bits per heavy atom. The van der Waals surface area contributed by atoms with E-state index in [0.29, 0.717) is 21.9 Å². The number of nitrogens with zero attached hydrogens (tertiary/aromatic N) is 3. The number of aromatic nitrogens is 2. The molecule has 1 aliphatic rings. The summed E-state index contributed by atoms with van der Waals surface area (Å²) in [6, 6.07) is 7.41. The van der Waals surface area contributed by atoms with Crippen LogP contribution >= 0.6 is 35.0 Å². The maximum absolute atomic E-state index is 8.26. The fourth-order valence-electron chi connectivity index (χ4n) is 2.59. The highest BCUT2D eigenvalue weighted by Crippen LogP contribution is 2.42. The van der Waals surface area contributed by atoms with Gasteiger partial charge in [0.2, 0.25) is 0 Å². The van der Waals surface area contributed by atoms with E-state index in [2.05, 4.69) is 16.9 Å². The van der Waals surface area contributed by atoms with Crippen molar-refractivity contribution in [2.75, 3.05) is 10.7 Å². The molecular formula is C15H14Cl2N4S. The summed E-state index contributed by atoms with van der Waals surface area (Å²) in [6.07, 6.45) is 4.25. The molecule has 1 atom stereocenters. The predicted octanol–water partition coefficient (Wildman–Crippen LogP) is 4.27. The Hall–Kier alpha value is -1.30. The number of pyridine rings is 2. The lowest BCUT2D eigenvalue weighted by Crippen LogP contribution is -2.43. The first-order chi connectivity index (χ1) is 10.5. The molecule has 3 rings (SSSR count). The molecule has 0 spiro atoms. The van der Waals surface area contributed by atoms with Crippen molar-refractivity contribution in [2.45, 2.75) is 18.2 Å². The predicted molar refractivity (Wildman–Crippen MR) is 93.3 cm³/mol. The summed E-state index contributed by atoms with van der Waals surface area (Å²) in [5.41, 5.74) is 1.96. The number of hydrogen-bond donors (Lipinski definition) is 1. The quantitative estimate of drug-likeness (QED) is 0.837. The van der Waals surface area contributed by atoms with E-state index in [1.165, 1.54) is 0 Å². The van der Waals surface area contributed by atoms with Crippen LogP contribution in [-0.2, 0) is 6.42 Å². The van der Waals surface area contributed by atoms with Crippen molar-refractivity contribution >= 4 is 46.5 Å². The normalized spacial score (nSPS) is 21.4. The highest BCUT2D eigenvalue weighted by molar-refractivity contribution is 8.02. The second kappa shape index (κ2) is 6.07. The minimum absolute atomic E-state index is 0.262. The first-order valence-corrected chi connectivity index (χ1v) is 8.46. The van der Waals surface area contributed by atoms with Gasteiger partial charge >= 0.3 is 0 Å². The molecule has 1 saturated heterocycles. The summed E-state index contributed by atoms with van der Waals surface area (Å²) in [5.74, 6) is 1.23. The summed E-state index contributed by atoms with van der Waals surface area (Å²) < 4.78 is 0. The number of anilines is 1. The van der Waals surface area contributed by atoms with Gasteiger partial charge in [0.05, 0.1) is 22.5 Å². The molecule has 1 unspecified atom stereocenters. The molecule has 0 amide bonds. The zero-order valence-electron chi connectivity index (χ0n) is 11.9. The number of nitrogens with one attached hydrogen (secondary N) is 1. The van der Waals surface area contributed by atoms with Crippen LogP contribution in [0.1, 0.15) is 12.5 Å². The van der Waals surface area contributed by atoms with Crippen molar-refractivity contribution < 1.29 is 0 Å². The fraction of sp³-hybridized carbons (Fsp3) is 0.267. The lowest BCUT2D eigenvalue weighted by Gasteiger charge is -2.35. The van der Waals surface area contributed by atoms with Crippen molar-refractivity contribution in [3.8, 4) is 0 Å². The molecule has 0 aromatic carbocycles. The summed E-state index contributed by atoms with van der Waals surface area (Å²) in [4.78, 5) is 10.0. The van der Waals surface area contributed by atoms with Crippen LogP contribution in [0, 0.1) is 5.41 Å². The first kappa shape index (κ1) is 15.6. The lowest BCUT2D eigenvalue weighted by molar-refractivity contribution is 0.667. The van der Waals surface area contributed by atoms with Crippen molar-refractivity contribution in [1.82, 2.24) is 9.97 Å². The number of amidine groups is 1. The molecule has 22 heavy (non-hydrogen) atoms. The Balaban J connectivity index is 1.91. The second-order valence-electron chi connectivity index (χ2n) is 5.25. The van der Waals surface area contributed by atoms with Gasteiger partial charge in [0, 0.05) is 12.6 Å². The summed E-state index contributed by atoms with van der Waals surface area (Å²) in [5, 5.41) is 9.20. The first-order valence-electron chi connectivity index (χ1n) is 6.71. The fourth-order valence-corrected chi connectivity index (χ4v) is 4.00. The third-order valence-electron chi connectivity index (χ3n) is 3.55. The number of thioether (sulfide) groups is 1. The number of hydrogen-bond acceptors (Lipinski definition) is 4. The summed E-state index contributed by atoms with van der Waals surface area (Å²) in [6.45, 7) is 2.13. The topological polar surface area (TPSA) is 52.9 Å². The van der Waals surface area contributed by atoms with Crippen LogP contribution in [0.2, 0.25) is 10.3 Å². The molecule has 2 aromatic rings. The van der Waals surface area contributed by atoms with Gasteiger partial charge in [0.15, 0.2) is 0 Å². The molecule has 1 aliphatic heterocycles. The van der Waals surface area contributed by atoms with Crippen molar-refractivity contribution in [2.24, 2.45) is 0 Å². The maximum atomic E-state index is 8.26.